The van der Waals surface area contributed by atoms with E-state index in [1.807, 2.05) is 6.07 Å². The van der Waals surface area contributed by atoms with Crippen LogP contribution in [0.4, 0.5) is 10.1 Å². The fourth-order valence-corrected chi connectivity index (χ4v) is 2.34. The van der Waals surface area contributed by atoms with E-state index in [0.717, 1.165) is 11.6 Å². The first-order chi connectivity index (χ1) is 11.0. The summed E-state index contributed by atoms with van der Waals surface area (Å²) >= 11 is 5.89. The van der Waals surface area contributed by atoms with E-state index < -0.39 is 5.82 Å². The van der Waals surface area contributed by atoms with Crippen LogP contribution in [0.2, 0.25) is 5.02 Å². The summed E-state index contributed by atoms with van der Waals surface area (Å²) in [6.07, 6.45) is 0.711. The van der Waals surface area contributed by atoms with Crippen LogP contribution in [0.15, 0.2) is 36.4 Å². The van der Waals surface area contributed by atoms with E-state index in [-0.39, 0.29) is 17.4 Å². The van der Waals surface area contributed by atoms with Crippen molar-refractivity contribution in [3.05, 3.63) is 52.8 Å². The number of rotatable bonds is 6. The monoisotopic (exact) mass is 337 g/mol. The van der Waals surface area contributed by atoms with Gasteiger partial charge in [-0.3, -0.25) is 4.79 Å². The molecule has 0 saturated heterocycles. The van der Waals surface area contributed by atoms with Crippen molar-refractivity contribution in [2.45, 2.75) is 12.8 Å². The molecular formula is C17H17ClFNO3. The summed E-state index contributed by atoms with van der Waals surface area (Å²) in [5, 5.41) is 2.83. The average Bonchev–Trinajstić information content (AvgIpc) is 2.55. The molecule has 1 amide bonds. The third-order valence-electron chi connectivity index (χ3n) is 3.31. The van der Waals surface area contributed by atoms with Gasteiger partial charge in [0.05, 0.1) is 24.9 Å². The molecule has 0 atom stereocenters. The van der Waals surface area contributed by atoms with Gasteiger partial charge in [-0.1, -0.05) is 11.6 Å². The molecule has 23 heavy (non-hydrogen) atoms. The smallest absolute Gasteiger partial charge is 0.224 e. The molecule has 0 bridgehead atoms. The van der Waals surface area contributed by atoms with Crippen LogP contribution in [0.1, 0.15) is 12.0 Å². The summed E-state index contributed by atoms with van der Waals surface area (Å²) < 4.78 is 23.4. The highest BCUT2D eigenvalue weighted by atomic mass is 35.5. The summed E-state index contributed by atoms with van der Waals surface area (Å²) in [6.45, 7) is 0. The molecule has 0 aliphatic carbocycles. The van der Waals surface area contributed by atoms with Gasteiger partial charge in [-0.05, 0) is 48.4 Å². The van der Waals surface area contributed by atoms with Crippen molar-refractivity contribution >= 4 is 23.2 Å². The van der Waals surface area contributed by atoms with Crippen LogP contribution in [-0.2, 0) is 11.2 Å². The van der Waals surface area contributed by atoms with Crippen LogP contribution < -0.4 is 14.8 Å². The van der Waals surface area contributed by atoms with Crippen molar-refractivity contribution in [3.8, 4) is 11.5 Å². The second kappa shape index (κ2) is 7.83. The number of carbonyl (C=O) groups is 1. The highest BCUT2D eigenvalue weighted by Gasteiger charge is 2.10. The number of amides is 1. The van der Waals surface area contributed by atoms with Gasteiger partial charge in [-0.15, -0.1) is 0 Å². The Bertz CT molecular complexity index is 706. The second-order valence-electron chi connectivity index (χ2n) is 4.85. The molecule has 0 spiro atoms. The molecule has 0 saturated carbocycles. The topological polar surface area (TPSA) is 47.6 Å². The molecule has 0 aromatic heterocycles. The third-order valence-corrected chi connectivity index (χ3v) is 3.63. The van der Waals surface area contributed by atoms with Crippen molar-refractivity contribution in [2.24, 2.45) is 0 Å². The van der Waals surface area contributed by atoms with Crippen molar-refractivity contribution < 1.29 is 18.7 Å². The molecule has 0 heterocycles. The van der Waals surface area contributed by atoms with E-state index in [4.69, 9.17) is 21.1 Å². The molecule has 2 aromatic rings. The molecule has 0 aliphatic rings. The van der Waals surface area contributed by atoms with E-state index in [1.165, 1.54) is 12.1 Å². The quantitative estimate of drug-likeness (QED) is 0.864. The molecule has 0 radical (unpaired) electrons. The van der Waals surface area contributed by atoms with E-state index >= 15 is 0 Å². The Labute approximate surface area is 139 Å². The normalized spacial score (nSPS) is 10.3. The van der Waals surface area contributed by atoms with Crippen molar-refractivity contribution in [2.75, 3.05) is 19.5 Å². The molecule has 2 rings (SSSR count). The molecule has 2 aromatic carbocycles. The zero-order chi connectivity index (χ0) is 16.8. The van der Waals surface area contributed by atoms with Gasteiger partial charge in [0.2, 0.25) is 5.91 Å². The van der Waals surface area contributed by atoms with Crippen LogP contribution in [0.3, 0.4) is 0 Å². The van der Waals surface area contributed by atoms with Crippen LogP contribution in [-0.4, -0.2) is 20.1 Å². The van der Waals surface area contributed by atoms with Crippen LogP contribution in [0.25, 0.3) is 0 Å². The molecular weight excluding hydrogens is 321 g/mol. The number of ether oxygens (including phenoxy) is 2. The number of carbonyl (C=O) groups excluding carboxylic acids is 1. The number of halogens is 2. The van der Waals surface area contributed by atoms with Crippen LogP contribution >= 0.6 is 11.6 Å². The van der Waals surface area contributed by atoms with Crippen LogP contribution in [0, 0.1) is 5.82 Å². The minimum absolute atomic E-state index is 0.164. The first-order valence-electron chi connectivity index (χ1n) is 6.99. The zero-order valence-electron chi connectivity index (χ0n) is 12.9. The predicted molar refractivity (Wildman–Crippen MR) is 87.9 cm³/mol. The van der Waals surface area contributed by atoms with E-state index in [0.29, 0.717) is 23.6 Å². The first kappa shape index (κ1) is 17.1. The van der Waals surface area contributed by atoms with Gasteiger partial charge in [0.25, 0.3) is 0 Å². The summed E-state index contributed by atoms with van der Waals surface area (Å²) in [7, 11) is 3.15. The Morgan fingerprint density at radius 2 is 1.96 bits per heavy atom. The highest BCUT2D eigenvalue weighted by Crippen LogP contribution is 2.26. The number of benzene rings is 2. The Hall–Kier alpha value is -2.27. The molecule has 4 nitrogen and oxygen atoms in total. The van der Waals surface area contributed by atoms with Crippen molar-refractivity contribution in [1.29, 1.82) is 0 Å². The highest BCUT2D eigenvalue weighted by molar-refractivity contribution is 6.33. The largest absolute Gasteiger partial charge is 0.497 e. The lowest BCUT2D eigenvalue weighted by Crippen LogP contribution is -2.13. The van der Waals surface area contributed by atoms with Gasteiger partial charge in [0.15, 0.2) is 0 Å². The third kappa shape index (κ3) is 4.60. The number of aryl methyl sites for hydroxylation is 1. The van der Waals surface area contributed by atoms with Gasteiger partial charge in [0.1, 0.15) is 17.3 Å². The van der Waals surface area contributed by atoms with Gasteiger partial charge in [-0.2, -0.15) is 0 Å². The Balaban J connectivity index is 2.01. The van der Waals surface area contributed by atoms with E-state index in [9.17, 15) is 9.18 Å². The molecule has 0 aliphatic heterocycles. The Kier molecular flexibility index (Phi) is 5.82. The van der Waals surface area contributed by atoms with E-state index in [1.54, 1.807) is 26.4 Å². The minimum atomic E-state index is -0.450. The molecule has 0 unspecified atom stereocenters. The van der Waals surface area contributed by atoms with Crippen LogP contribution in [0.5, 0.6) is 11.5 Å². The molecule has 6 heteroatoms. The number of methoxy groups -OCH3 is 2. The predicted octanol–water partition coefficient (Wildman–Crippen LogP) is 4.07. The first-order valence-corrected chi connectivity index (χ1v) is 7.37. The maximum atomic E-state index is 13.0. The maximum absolute atomic E-state index is 13.0. The fraction of sp³-hybridized carbons (Fsp3) is 0.235. The summed E-state index contributed by atoms with van der Waals surface area (Å²) in [4.78, 5) is 12.0. The average molecular weight is 338 g/mol. The lowest BCUT2D eigenvalue weighted by molar-refractivity contribution is -0.116. The number of hydrogen-bond donors (Lipinski definition) is 1. The lowest BCUT2D eigenvalue weighted by Gasteiger charge is -2.11. The minimum Gasteiger partial charge on any atom is -0.497 e. The number of anilines is 1. The van der Waals surface area contributed by atoms with E-state index in [2.05, 4.69) is 5.32 Å². The van der Waals surface area contributed by atoms with Gasteiger partial charge in [0, 0.05) is 6.42 Å². The fourth-order valence-electron chi connectivity index (χ4n) is 2.13. The Morgan fingerprint density at radius 1 is 1.17 bits per heavy atom. The molecule has 1 N–H and O–H groups in total. The van der Waals surface area contributed by atoms with Crippen molar-refractivity contribution in [3.63, 3.8) is 0 Å². The Morgan fingerprint density at radius 3 is 2.61 bits per heavy atom. The number of hydrogen-bond acceptors (Lipinski definition) is 3. The SMILES string of the molecule is COc1ccc(OC)c(CCC(=O)Nc2ccc(F)cc2Cl)c1. The molecule has 122 valence electrons. The number of nitrogens with one attached hydrogen (secondary N) is 1. The zero-order valence-corrected chi connectivity index (χ0v) is 13.6. The molecule has 0 fully saturated rings. The van der Waals surface area contributed by atoms with Crippen molar-refractivity contribution in [1.82, 2.24) is 0 Å². The lowest BCUT2D eigenvalue weighted by atomic mass is 10.1. The standard InChI is InChI=1S/C17H17ClFNO3/c1-22-13-5-7-16(23-2)11(9-13)3-8-17(21)20-15-6-4-12(19)10-14(15)18/h4-7,9-10H,3,8H2,1-2H3,(H,20,21). The van der Waals surface area contributed by atoms with Gasteiger partial charge in [-0.25, -0.2) is 4.39 Å². The summed E-state index contributed by atoms with van der Waals surface area (Å²) in [5.41, 5.74) is 1.25. The summed E-state index contributed by atoms with van der Waals surface area (Å²) in [5.74, 6) is 0.721. The van der Waals surface area contributed by atoms with Gasteiger partial charge >= 0.3 is 0 Å². The second-order valence-corrected chi connectivity index (χ2v) is 5.26. The van der Waals surface area contributed by atoms with Gasteiger partial charge < -0.3 is 14.8 Å². The summed E-state index contributed by atoms with van der Waals surface area (Å²) in [6, 6.07) is 9.25. The maximum Gasteiger partial charge on any atom is 0.224 e.